The molecule has 4 nitrogen and oxygen atoms in total. The summed E-state index contributed by atoms with van der Waals surface area (Å²) in [5, 5.41) is 14.5. The Hall–Kier alpha value is -2.27. The van der Waals surface area contributed by atoms with Crippen LogP contribution in [0.15, 0.2) is 48.5 Å². The minimum Gasteiger partial charge on any atom is -0.478 e. The van der Waals surface area contributed by atoms with Crippen LogP contribution in [0.4, 0.5) is 0 Å². The van der Waals surface area contributed by atoms with Crippen LogP contribution in [0.1, 0.15) is 32.9 Å². The van der Waals surface area contributed by atoms with Gasteiger partial charge in [-0.3, -0.25) is 0 Å². The van der Waals surface area contributed by atoms with Crippen LogP contribution < -0.4 is 5.32 Å². The van der Waals surface area contributed by atoms with E-state index in [1.54, 1.807) is 12.1 Å². The molecule has 2 aromatic carbocycles. The Kier molecular flexibility index (Phi) is 6.45. The number of carbonyl (C=O) groups is 1. The fourth-order valence-corrected chi connectivity index (χ4v) is 3.72. The summed E-state index contributed by atoms with van der Waals surface area (Å²) in [5.41, 5.74) is 4.86. The van der Waals surface area contributed by atoms with Gasteiger partial charge in [-0.2, -0.15) is 0 Å². The first-order chi connectivity index (χ1) is 13.4. The highest BCUT2D eigenvalue weighted by molar-refractivity contribution is 6.30. The molecule has 0 aliphatic heterocycles. The molecule has 0 saturated carbocycles. The van der Waals surface area contributed by atoms with E-state index in [4.69, 9.17) is 23.2 Å². The van der Waals surface area contributed by atoms with Crippen molar-refractivity contribution in [1.82, 2.24) is 9.88 Å². The zero-order valence-corrected chi connectivity index (χ0v) is 17.3. The van der Waals surface area contributed by atoms with E-state index < -0.39 is 5.97 Å². The van der Waals surface area contributed by atoms with Gasteiger partial charge in [0, 0.05) is 39.2 Å². The Morgan fingerprint density at radius 3 is 2.11 bits per heavy atom. The zero-order valence-electron chi connectivity index (χ0n) is 15.8. The summed E-state index contributed by atoms with van der Waals surface area (Å²) in [6, 6.07) is 15.1. The van der Waals surface area contributed by atoms with Gasteiger partial charge in [-0.1, -0.05) is 35.3 Å². The van der Waals surface area contributed by atoms with Gasteiger partial charge in [0.1, 0.15) is 0 Å². The fraction of sp³-hybridized carbons (Fsp3) is 0.227. The number of hydrogen-bond acceptors (Lipinski definition) is 2. The van der Waals surface area contributed by atoms with Crippen LogP contribution in [0, 0.1) is 13.8 Å². The Balaban J connectivity index is 1.79. The van der Waals surface area contributed by atoms with E-state index in [-0.39, 0.29) is 0 Å². The summed E-state index contributed by atoms with van der Waals surface area (Å²) in [6.07, 6.45) is 0.843. The molecular formula is C22H22Cl2N2O2. The second-order valence-electron chi connectivity index (χ2n) is 6.69. The highest BCUT2D eigenvalue weighted by Crippen LogP contribution is 2.27. The van der Waals surface area contributed by atoms with Crippen molar-refractivity contribution >= 4 is 29.2 Å². The molecule has 0 amide bonds. The van der Waals surface area contributed by atoms with Crippen molar-refractivity contribution < 1.29 is 9.90 Å². The SMILES string of the molecule is Cc1c(CNCCc2ccc(Cl)cc2)c(C(=O)O)c(C)n1-c1ccc(Cl)cc1. The van der Waals surface area contributed by atoms with Gasteiger partial charge in [-0.05, 0) is 68.8 Å². The second kappa shape index (κ2) is 8.82. The number of rotatable bonds is 7. The maximum Gasteiger partial charge on any atom is 0.337 e. The van der Waals surface area contributed by atoms with Crippen molar-refractivity contribution in [2.24, 2.45) is 0 Å². The minimum absolute atomic E-state index is 0.353. The lowest BCUT2D eigenvalue weighted by Gasteiger charge is -2.10. The lowest BCUT2D eigenvalue weighted by molar-refractivity contribution is 0.0695. The van der Waals surface area contributed by atoms with Gasteiger partial charge in [-0.15, -0.1) is 0 Å². The molecule has 0 unspecified atom stereocenters. The van der Waals surface area contributed by atoms with Gasteiger partial charge < -0.3 is 15.0 Å². The smallest absolute Gasteiger partial charge is 0.337 e. The first-order valence-corrected chi connectivity index (χ1v) is 9.79. The molecule has 6 heteroatoms. The van der Waals surface area contributed by atoms with Crippen molar-refractivity contribution in [1.29, 1.82) is 0 Å². The average Bonchev–Trinajstić information content (AvgIpc) is 2.91. The molecule has 1 aromatic heterocycles. The van der Waals surface area contributed by atoms with Crippen molar-refractivity contribution in [3.63, 3.8) is 0 Å². The highest BCUT2D eigenvalue weighted by Gasteiger charge is 2.23. The molecule has 3 rings (SSSR count). The number of benzene rings is 2. The van der Waals surface area contributed by atoms with E-state index in [1.807, 2.05) is 54.8 Å². The highest BCUT2D eigenvalue weighted by atomic mass is 35.5. The summed E-state index contributed by atoms with van der Waals surface area (Å²) < 4.78 is 1.97. The van der Waals surface area contributed by atoms with Gasteiger partial charge in [-0.25, -0.2) is 4.79 Å². The summed E-state index contributed by atoms with van der Waals surface area (Å²) in [6.45, 7) is 5.01. The zero-order chi connectivity index (χ0) is 20.3. The van der Waals surface area contributed by atoms with Crippen LogP contribution >= 0.6 is 23.2 Å². The van der Waals surface area contributed by atoms with Crippen molar-refractivity contribution in [3.8, 4) is 5.69 Å². The molecule has 0 fully saturated rings. The van der Waals surface area contributed by atoms with Crippen LogP contribution in [0.3, 0.4) is 0 Å². The van der Waals surface area contributed by atoms with Crippen LogP contribution in [-0.2, 0) is 13.0 Å². The summed E-state index contributed by atoms with van der Waals surface area (Å²) in [4.78, 5) is 11.9. The molecule has 3 aromatic rings. The number of carboxylic acids is 1. The van der Waals surface area contributed by atoms with E-state index in [2.05, 4.69) is 5.32 Å². The quantitative estimate of drug-likeness (QED) is 0.504. The molecule has 0 aliphatic carbocycles. The molecule has 0 bridgehead atoms. The van der Waals surface area contributed by atoms with Gasteiger partial charge in [0.2, 0.25) is 0 Å². The number of aromatic carboxylic acids is 1. The summed E-state index contributed by atoms with van der Waals surface area (Å²) in [7, 11) is 0. The Bertz CT molecular complexity index is 977. The van der Waals surface area contributed by atoms with Gasteiger partial charge in [0.15, 0.2) is 0 Å². The number of hydrogen-bond donors (Lipinski definition) is 2. The van der Waals surface area contributed by atoms with E-state index in [0.29, 0.717) is 22.8 Å². The van der Waals surface area contributed by atoms with Crippen LogP contribution in [0.2, 0.25) is 10.0 Å². The maximum atomic E-state index is 11.9. The number of aromatic nitrogens is 1. The first kappa shape index (κ1) is 20.5. The number of nitrogens with zero attached hydrogens (tertiary/aromatic N) is 1. The topological polar surface area (TPSA) is 54.3 Å². The molecule has 0 aliphatic rings. The van der Waals surface area contributed by atoms with Crippen molar-refractivity contribution in [3.05, 3.63) is 86.7 Å². The Labute approximate surface area is 174 Å². The molecule has 1 heterocycles. The molecule has 0 atom stereocenters. The second-order valence-corrected chi connectivity index (χ2v) is 7.57. The van der Waals surface area contributed by atoms with E-state index in [9.17, 15) is 9.90 Å². The third-order valence-corrected chi connectivity index (χ3v) is 5.38. The summed E-state index contributed by atoms with van der Waals surface area (Å²) >= 11 is 11.9. The fourth-order valence-electron chi connectivity index (χ4n) is 3.47. The maximum absolute atomic E-state index is 11.9. The van der Waals surface area contributed by atoms with Crippen LogP contribution in [-0.4, -0.2) is 22.2 Å². The van der Waals surface area contributed by atoms with E-state index in [1.165, 1.54) is 5.56 Å². The average molecular weight is 417 g/mol. The monoisotopic (exact) mass is 416 g/mol. The van der Waals surface area contributed by atoms with Crippen molar-refractivity contribution in [2.45, 2.75) is 26.8 Å². The predicted molar refractivity (Wildman–Crippen MR) is 114 cm³/mol. The molecule has 146 valence electrons. The molecular weight excluding hydrogens is 395 g/mol. The standard InChI is InChI=1S/C22H22Cl2N2O2/c1-14-20(13-25-12-11-16-3-5-17(23)6-4-16)21(22(27)28)15(2)26(14)19-9-7-18(24)8-10-19/h3-10,25H,11-13H2,1-2H3,(H,27,28). The Morgan fingerprint density at radius 2 is 1.54 bits per heavy atom. The minimum atomic E-state index is -0.914. The molecule has 0 spiro atoms. The Morgan fingerprint density at radius 1 is 0.964 bits per heavy atom. The molecule has 2 N–H and O–H groups in total. The van der Waals surface area contributed by atoms with Gasteiger partial charge in [0.05, 0.1) is 5.56 Å². The number of halogens is 2. The summed E-state index contributed by atoms with van der Waals surface area (Å²) in [5.74, 6) is -0.914. The van der Waals surface area contributed by atoms with Gasteiger partial charge in [0.25, 0.3) is 0 Å². The third kappa shape index (κ3) is 4.41. The van der Waals surface area contributed by atoms with Crippen LogP contribution in [0.25, 0.3) is 5.69 Å². The van der Waals surface area contributed by atoms with Crippen molar-refractivity contribution in [2.75, 3.05) is 6.54 Å². The third-order valence-electron chi connectivity index (χ3n) is 4.88. The lowest BCUT2D eigenvalue weighted by atomic mass is 10.1. The number of nitrogens with one attached hydrogen (secondary N) is 1. The normalized spacial score (nSPS) is 11.0. The lowest BCUT2D eigenvalue weighted by Crippen LogP contribution is -2.18. The molecule has 0 saturated heterocycles. The van der Waals surface area contributed by atoms with Gasteiger partial charge >= 0.3 is 5.97 Å². The van der Waals surface area contributed by atoms with E-state index in [0.717, 1.165) is 34.9 Å². The first-order valence-electron chi connectivity index (χ1n) is 9.03. The number of carboxylic acid groups (broad SMARTS) is 1. The largest absolute Gasteiger partial charge is 0.478 e. The molecule has 28 heavy (non-hydrogen) atoms. The molecule has 0 radical (unpaired) electrons. The van der Waals surface area contributed by atoms with E-state index >= 15 is 0 Å². The van der Waals surface area contributed by atoms with Crippen LogP contribution in [0.5, 0.6) is 0 Å². The predicted octanol–water partition coefficient (Wildman–Crippen LogP) is 5.43.